The maximum atomic E-state index is 12.2. The zero-order valence-corrected chi connectivity index (χ0v) is 12.2. The molecule has 0 atom stereocenters. The molecule has 20 heavy (non-hydrogen) atoms. The number of anilines is 1. The van der Waals surface area contributed by atoms with Gasteiger partial charge in [0.25, 0.3) is 5.91 Å². The van der Waals surface area contributed by atoms with Gasteiger partial charge in [-0.05, 0) is 55.8 Å². The van der Waals surface area contributed by atoms with Crippen LogP contribution < -0.4 is 10.1 Å². The van der Waals surface area contributed by atoms with E-state index in [2.05, 4.69) is 5.32 Å². The van der Waals surface area contributed by atoms with E-state index in [9.17, 15) is 4.79 Å². The number of hydrogen-bond acceptors (Lipinski definition) is 2. The molecule has 0 heterocycles. The first-order valence-electron chi connectivity index (χ1n) is 6.41. The highest BCUT2D eigenvalue weighted by atomic mass is 35.5. The van der Waals surface area contributed by atoms with Crippen LogP contribution in [0.3, 0.4) is 0 Å². The van der Waals surface area contributed by atoms with Crippen LogP contribution in [0.25, 0.3) is 0 Å². The summed E-state index contributed by atoms with van der Waals surface area (Å²) < 4.78 is 5.34. The Morgan fingerprint density at radius 2 is 1.90 bits per heavy atom. The number of hydrogen-bond donors (Lipinski definition) is 1. The summed E-state index contributed by atoms with van der Waals surface area (Å²) in [6.07, 6.45) is 0. The van der Waals surface area contributed by atoms with Crippen molar-refractivity contribution in [1.82, 2.24) is 0 Å². The lowest BCUT2D eigenvalue weighted by Crippen LogP contribution is -2.12. The average Bonchev–Trinajstić information content (AvgIpc) is 2.45. The van der Waals surface area contributed by atoms with Crippen molar-refractivity contribution in [3.8, 4) is 5.75 Å². The lowest BCUT2D eigenvalue weighted by molar-refractivity contribution is 0.102. The molecule has 0 aliphatic rings. The quantitative estimate of drug-likeness (QED) is 0.911. The summed E-state index contributed by atoms with van der Waals surface area (Å²) in [4.78, 5) is 12.2. The van der Waals surface area contributed by atoms with Gasteiger partial charge >= 0.3 is 0 Å². The Balaban J connectivity index is 2.13. The van der Waals surface area contributed by atoms with Crippen molar-refractivity contribution in [2.75, 3.05) is 11.9 Å². The molecule has 0 radical (unpaired) electrons. The lowest BCUT2D eigenvalue weighted by Gasteiger charge is -2.10. The van der Waals surface area contributed by atoms with E-state index >= 15 is 0 Å². The van der Waals surface area contributed by atoms with Crippen molar-refractivity contribution >= 4 is 23.2 Å². The molecule has 1 amide bonds. The fourth-order valence-electron chi connectivity index (χ4n) is 1.81. The summed E-state index contributed by atoms with van der Waals surface area (Å²) in [5, 5.41) is 3.49. The van der Waals surface area contributed by atoms with Gasteiger partial charge in [0, 0.05) is 16.3 Å². The highest BCUT2D eigenvalue weighted by Crippen LogP contribution is 2.23. The van der Waals surface area contributed by atoms with Crippen LogP contribution in [-0.2, 0) is 0 Å². The lowest BCUT2D eigenvalue weighted by atomic mass is 10.1. The van der Waals surface area contributed by atoms with Crippen LogP contribution in [0.4, 0.5) is 5.69 Å². The molecule has 2 rings (SSSR count). The summed E-state index contributed by atoms with van der Waals surface area (Å²) in [6.45, 7) is 4.39. The van der Waals surface area contributed by atoms with E-state index in [0.29, 0.717) is 17.2 Å². The highest BCUT2D eigenvalue weighted by molar-refractivity contribution is 6.31. The Bertz CT molecular complexity index is 608. The Morgan fingerprint density at radius 1 is 1.20 bits per heavy atom. The van der Waals surface area contributed by atoms with Crippen LogP contribution in [-0.4, -0.2) is 12.5 Å². The van der Waals surface area contributed by atoms with Crippen molar-refractivity contribution in [2.45, 2.75) is 13.8 Å². The number of nitrogens with one attached hydrogen (secondary N) is 1. The molecule has 0 spiro atoms. The van der Waals surface area contributed by atoms with Crippen molar-refractivity contribution < 1.29 is 9.53 Å². The number of amides is 1. The second kappa shape index (κ2) is 6.44. The van der Waals surface area contributed by atoms with E-state index < -0.39 is 0 Å². The molecule has 104 valence electrons. The maximum absolute atomic E-state index is 12.2. The van der Waals surface area contributed by atoms with Crippen LogP contribution in [0.15, 0.2) is 42.5 Å². The summed E-state index contributed by atoms with van der Waals surface area (Å²) in [5.41, 5.74) is 2.15. The molecule has 0 saturated carbocycles. The third kappa shape index (κ3) is 3.31. The zero-order chi connectivity index (χ0) is 14.5. The number of halogens is 1. The van der Waals surface area contributed by atoms with Crippen molar-refractivity contribution in [3.63, 3.8) is 0 Å². The topological polar surface area (TPSA) is 38.3 Å². The predicted molar refractivity (Wildman–Crippen MR) is 81.8 cm³/mol. The molecule has 0 bridgehead atoms. The molecule has 0 aromatic heterocycles. The van der Waals surface area contributed by atoms with Gasteiger partial charge in [0.2, 0.25) is 0 Å². The van der Waals surface area contributed by atoms with E-state index in [1.54, 1.807) is 30.3 Å². The summed E-state index contributed by atoms with van der Waals surface area (Å²) >= 11 is 6.03. The van der Waals surface area contributed by atoms with Crippen LogP contribution in [0, 0.1) is 6.92 Å². The summed E-state index contributed by atoms with van der Waals surface area (Å²) in [7, 11) is 0. The van der Waals surface area contributed by atoms with Crippen molar-refractivity contribution in [2.24, 2.45) is 0 Å². The molecular weight excluding hydrogens is 274 g/mol. The largest absolute Gasteiger partial charge is 0.494 e. The molecule has 4 heteroatoms. The average molecular weight is 290 g/mol. The Kier molecular flexibility index (Phi) is 4.64. The standard InChI is InChI=1S/C16H16ClNO2/c1-3-20-13-9-7-12(8-10-13)16(19)18-15-6-4-5-14(17)11(15)2/h4-10H,3H2,1-2H3,(H,18,19). The molecule has 3 nitrogen and oxygen atoms in total. The maximum Gasteiger partial charge on any atom is 0.255 e. The first-order valence-corrected chi connectivity index (χ1v) is 6.79. The number of carbonyl (C=O) groups excluding carboxylic acids is 1. The van der Waals surface area contributed by atoms with Gasteiger partial charge in [-0.2, -0.15) is 0 Å². The second-order valence-electron chi connectivity index (χ2n) is 4.32. The van der Waals surface area contributed by atoms with Crippen LogP contribution in [0.2, 0.25) is 5.02 Å². The Morgan fingerprint density at radius 3 is 2.55 bits per heavy atom. The van der Waals surface area contributed by atoms with Gasteiger partial charge in [-0.3, -0.25) is 4.79 Å². The predicted octanol–water partition coefficient (Wildman–Crippen LogP) is 4.30. The first kappa shape index (κ1) is 14.4. The normalized spacial score (nSPS) is 10.2. The molecule has 1 N–H and O–H groups in total. The Hall–Kier alpha value is -2.00. The van der Waals surface area contributed by atoms with E-state index in [1.165, 1.54) is 0 Å². The van der Waals surface area contributed by atoms with Crippen LogP contribution in [0.1, 0.15) is 22.8 Å². The zero-order valence-electron chi connectivity index (χ0n) is 11.4. The van der Waals surface area contributed by atoms with E-state index in [1.807, 2.05) is 26.0 Å². The number of rotatable bonds is 4. The van der Waals surface area contributed by atoms with E-state index in [4.69, 9.17) is 16.3 Å². The fraction of sp³-hybridized carbons (Fsp3) is 0.188. The molecule has 0 aliphatic heterocycles. The van der Waals surface area contributed by atoms with E-state index in [0.717, 1.165) is 17.0 Å². The highest BCUT2D eigenvalue weighted by Gasteiger charge is 2.09. The van der Waals surface area contributed by atoms with Gasteiger partial charge in [0.15, 0.2) is 0 Å². The molecule has 0 fully saturated rings. The first-order chi connectivity index (χ1) is 9.61. The Labute approximate surface area is 123 Å². The van der Waals surface area contributed by atoms with Gasteiger partial charge in [0.1, 0.15) is 5.75 Å². The van der Waals surface area contributed by atoms with Crippen molar-refractivity contribution in [1.29, 1.82) is 0 Å². The van der Waals surface area contributed by atoms with Gasteiger partial charge < -0.3 is 10.1 Å². The van der Waals surface area contributed by atoms with Crippen molar-refractivity contribution in [3.05, 3.63) is 58.6 Å². The monoisotopic (exact) mass is 289 g/mol. The van der Waals surface area contributed by atoms with Crippen LogP contribution >= 0.6 is 11.6 Å². The second-order valence-corrected chi connectivity index (χ2v) is 4.73. The van der Waals surface area contributed by atoms with E-state index in [-0.39, 0.29) is 5.91 Å². The smallest absolute Gasteiger partial charge is 0.255 e. The number of carbonyl (C=O) groups is 1. The minimum absolute atomic E-state index is 0.168. The SMILES string of the molecule is CCOc1ccc(C(=O)Nc2cccc(Cl)c2C)cc1. The van der Waals surface area contributed by atoms with Gasteiger partial charge in [-0.15, -0.1) is 0 Å². The molecule has 2 aromatic carbocycles. The summed E-state index contributed by atoms with van der Waals surface area (Å²) in [6, 6.07) is 12.5. The molecular formula is C16H16ClNO2. The number of ether oxygens (including phenoxy) is 1. The molecule has 0 saturated heterocycles. The minimum atomic E-state index is -0.168. The van der Waals surface area contributed by atoms with Gasteiger partial charge in [0.05, 0.1) is 6.61 Å². The molecule has 0 aliphatic carbocycles. The molecule has 2 aromatic rings. The number of benzene rings is 2. The van der Waals surface area contributed by atoms with Gasteiger partial charge in [-0.25, -0.2) is 0 Å². The third-order valence-electron chi connectivity index (χ3n) is 2.94. The van der Waals surface area contributed by atoms with Gasteiger partial charge in [-0.1, -0.05) is 17.7 Å². The minimum Gasteiger partial charge on any atom is -0.494 e. The molecule has 0 unspecified atom stereocenters. The fourth-order valence-corrected chi connectivity index (χ4v) is 1.98. The van der Waals surface area contributed by atoms with Crippen LogP contribution in [0.5, 0.6) is 5.75 Å². The summed E-state index contributed by atoms with van der Waals surface area (Å²) in [5.74, 6) is 0.585. The third-order valence-corrected chi connectivity index (χ3v) is 3.35.